The molecular weight excluding hydrogens is 374 g/mol. The predicted octanol–water partition coefficient (Wildman–Crippen LogP) is 4.86. The lowest BCUT2D eigenvalue weighted by Crippen LogP contribution is -2.33. The largest absolute Gasteiger partial charge is 0.260 e. The minimum Gasteiger partial charge on any atom is -0.260 e. The first-order valence-electron chi connectivity index (χ1n) is 11.9. The van der Waals surface area contributed by atoms with Crippen molar-refractivity contribution >= 4 is 17.7 Å². The van der Waals surface area contributed by atoms with Gasteiger partial charge in [0.05, 0.1) is 5.69 Å². The summed E-state index contributed by atoms with van der Waals surface area (Å²) in [7, 11) is 0. The molecule has 0 aliphatic heterocycles. The van der Waals surface area contributed by atoms with Crippen molar-refractivity contribution in [2.24, 2.45) is 11.8 Å². The van der Waals surface area contributed by atoms with Crippen LogP contribution in [0, 0.1) is 22.3 Å². The number of pyridine rings is 1. The second kappa shape index (κ2) is 6.79. The van der Waals surface area contributed by atoms with Crippen LogP contribution in [0.15, 0.2) is 60.3 Å². The molecule has 1 unspecified atom stereocenters. The lowest BCUT2D eigenvalue weighted by Gasteiger charge is -2.38. The maximum Gasteiger partial charge on any atom is 0.0519 e. The summed E-state index contributed by atoms with van der Waals surface area (Å²) in [6.45, 7) is 0. The van der Waals surface area contributed by atoms with Crippen LogP contribution in [0.2, 0.25) is 0 Å². The molecule has 1 saturated carbocycles. The Balaban J connectivity index is 1.48. The maximum absolute atomic E-state index is 4.67. The fourth-order valence-electron chi connectivity index (χ4n) is 6.42. The first-order chi connectivity index (χ1) is 15.3. The van der Waals surface area contributed by atoms with Gasteiger partial charge >= 0.3 is 0 Å². The van der Waals surface area contributed by atoms with Gasteiger partial charge in [0.15, 0.2) is 0 Å². The van der Waals surface area contributed by atoms with Crippen LogP contribution in [0.1, 0.15) is 48.1 Å². The van der Waals surface area contributed by atoms with E-state index in [0.717, 1.165) is 24.7 Å². The van der Waals surface area contributed by atoms with Gasteiger partial charge in [-0.05, 0) is 92.0 Å². The van der Waals surface area contributed by atoms with E-state index in [1.165, 1.54) is 69.8 Å². The van der Waals surface area contributed by atoms with Crippen LogP contribution >= 0.6 is 0 Å². The van der Waals surface area contributed by atoms with Crippen LogP contribution in [0.3, 0.4) is 0 Å². The van der Waals surface area contributed by atoms with Crippen LogP contribution < -0.4 is 10.4 Å². The van der Waals surface area contributed by atoms with E-state index < -0.39 is 0 Å². The zero-order valence-electron chi connectivity index (χ0n) is 17.9. The molecule has 1 heterocycles. The Morgan fingerprint density at radius 1 is 0.774 bits per heavy atom. The van der Waals surface area contributed by atoms with E-state index in [1.807, 2.05) is 6.20 Å². The monoisotopic (exact) mass is 401 g/mol. The van der Waals surface area contributed by atoms with Crippen molar-refractivity contribution in [1.82, 2.24) is 4.98 Å². The number of hydrogen-bond donors (Lipinski definition) is 0. The van der Waals surface area contributed by atoms with Gasteiger partial charge in [-0.2, -0.15) is 0 Å². The molecule has 7 rings (SSSR count). The third kappa shape index (κ3) is 2.72. The van der Waals surface area contributed by atoms with Gasteiger partial charge in [-0.15, -0.1) is 0 Å². The zero-order chi connectivity index (χ0) is 20.4. The molecule has 1 heteroatoms. The Morgan fingerprint density at radius 3 is 2.55 bits per heavy atom. The standard InChI is InChI=1S/C30H27N/c1-2-9-24-20(5-1)10-11-26-25(24)12-13-27-28(16-22(17-29(26)27)19-6-3-7-19)23-15-21-8-4-14-31-30(21)18-23/h1-2,4-5,8-10,12-15,19,22H,3,6-7,11,16-18H2. The van der Waals surface area contributed by atoms with Gasteiger partial charge in [0, 0.05) is 12.6 Å². The summed E-state index contributed by atoms with van der Waals surface area (Å²) in [5, 5.41) is 5.80. The lowest BCUT2D eigenvalue weighted by molar-refractivity contribution is 0.205. The van der Waals surface area contributed by atoms with E-state index in [2.05, 4.69) is 65.7 Å². The molecule has 31 heavy (non-hydrogen) atoms. The second-order valence-electron chi connectivity index (χ2n) is 9.84. The van der Waals surface area contributed by atoms with Gasteiger partial charge in [0.2, 0.25) is 0 Å². The fraction of sp³-hybridized carbons (Fsp3) is 0.300. The minimum absolute atomic E-state index is 0.803. The van der Waals surface area contributed by atoms with Gasteiger partial charge in [0.1, 0.15) is 0 Å². The van der Waals surface area contributed by atoms with Crippen molar-refractivity contribution in [1.29, 1.82) is 0 Å². The number of benzene rings is 2. The second-order valence-corrected chi connectivity index (χ2v) is 9.84. The summed E-state index contributed by atoms with van der Waals surface area (Å²) in [5.74, 6) is 1.72. The molecule has 0 radical (unpaired) electrons. The molecule has 0 amide bonds. The van der Waals surface area contributed by atoms with Gasteiger partial charge in [-0.1, -0.05) is 67.8 Å². The van der Waals surface area contributed by atoms with Gasteiger partial charge in [0.25, 0.3) is 0 Å². The molecule has 1 atom stereocenters. The summed E-state index contributed by atoms with van der Waals surface area (Å²) in [5.41, 5.74) is 8.92. The molecule has 4 aliphatic carbocycles. The van der Waals surface area contributed by atoms with Crippen LogP contribution in [0.25, 0.3) is 17.7 Å². The highest BCUT2D eigenvalue weighted by atomic mass is 14.7. The highest BCUT2D eigenvalue weighted by molar-refractivity contribution is 5.80. The molecule has 0 spiro atoms. The molecule has 4 aliphatic rings. The third-order valence-electron chi connectivity index (χ3n) is 8.28. The third-order valence-corrected chi connectivity index (χ3v) is 8.28. The number of aromatic nitrogens is 1. The normalized spacial score (nSPS) is 21.2. The SMILES string of the molecule is C1=C(C2=c3ccc4c(c3CC(C3CCC3)C2)CC=c2ccccc2=4)Cc2ncccc21. The number of rotatable bonds is 2. The molecule has 2 aromatic carbocycles. The quantitative estimate of drug-likeness (QED) is 0.598. The van der Waals surface area contributed by atoms with Gasteiger partial charge < -0.3 is 0 Å². The Labute approximate surface area is 183 Å². The van der Waals surface area contributed by atoms with Crippen LogP contribution in [0.4, 0.5) is 0 Å². The fourth-order valence-corrected chi connectivity index (χ4v) is 6.42. The van der Waals surface area contributed by atoms with Crippen molar-refractivity contribution in [3.05, 3.63) is 104 Å². The topological polar surface area (TPSA) is 12.9 Å². The van der Waals surface area contributed by atoms with E-state index in [9.17, 15) is 0 Å². The number of allylic oxidation sites excluding steroid dienone is 1. The smallest absolute Gasteiger partial charge is 0.0519 e. The molecule has 3 aromatic rings. The number of fused-ring (bicyclic) bond motifs is 5. The zero-order valence-corrected chi connectivity index (χ0v) is 17.9. The van der Waals surface area contributed by atoms with E-state index in [-0.39, 0.29) is 0 Å². The van der Waals surface area contributed by atoms with E-state index in [0.29, 0.717) is 0 Å². The van der Waals surface area contributed by atoms with Crippen LogP contribution in [-0.4, -0.2) is 4.98 Å². The lowest BCUT2D eigenvalue weighted by atomic mass is 9.67. The summed E-state index contributed by atoms with van der Waals surface area (Å²) in [6.07, 6.45) is 15.7. The molecule has 0 saturated heterocycles. The summed E-state index contributed by atoms with van der Waals surface area (Å²) < 4.78 is 0. The Bertz CT molecular complexity index is 1470. The summed E-state index contributed by atoms with van der Waals surface area (Å²) >= 11 is 0. The van der Waals surface area contributed by atoms with Gasteiger partial charge in [-0.25, -0.2) is 0 Å². The van der Waals surface area contributed by atoms with E-state index >= 15 is 0 Å². The van der Waals surface area contributed by atoms with Crippen molar-refractivity contribution in [2.75, 3.05) is 0 Å². The highest BCUT2D eigenvalue weighted by Crippen LogP contribution is 2.43. The molecule has 0 bridgehead atoms. The number of hydrogen-bond acceptors (Lipinski definition) is 1. The van der Waals surface area contributed by atoms with Crippen LogP contribution in [0.5, 0.6) is 0 Å². The van der Waals surface area contributed by atoms with Crippen molar-refractivity contribution in [2.45, 2.75) is 44.9 Å². The predicted molar refractivity (Wildman–Crippen MR) is 126 cm³/mol. The molecule has 1 aromatic heterocycles. The molecular formula is C30H27N. The summed E-state index contributed by atoms with van der Waals surface area (Å²) in [6, 6.07) is 18.1. The average Bonchev–Trinajstić information content (AvgIpc) is 3.21. The van der Waals surface area contributed by atoms with E-state index in [4.69, 9.17) is 0 Å². The average molecular weight is 402 g/mol. The minimum atomic E-state index is 0.803. The van der Waals surface area contributed by atoms with Crippen LogP contribution in [-0.2, 0) is 19.3 Å². The van der Waals surface area contributed by atoms with Crippen molar-refractivity contribution in [3.63, 3.8) is 0 Å². The molecule has 1 fully saturated rings. The van der Waals surface area contributed by atoms with E-state index in [1.54, 1.807) is 16.7 Å². The highest BCUT2D eigenvalue weighted by Gasteiger charge is 2.33. The Kier molecular flexibility index (Phi) is 3.88. The Morgan fingerprint density at radius 2 is 1.68 bits per heavy atom. The summed E-state index contributed by atoms with van der Waals surface area (Å²) in [4.78, 5) is 4.67. The van der Waals surface area contributed by atoms with Crippen molar-refractivity contribution < 1.29 is 0 Å². The molecule has 152 valence electrons. The van der Waals surface area contributed by atoms with Gasteiger partial charge in [-0.3, -0.25) is 4.98 Å². The maximum atomic E-state index is 4.67. The first kappa shape index (κ1) is 17.7. The number of nitrogens with zero attached hydrogens (tertiary/aromatic N) is 1. The molecule has 1 nitrogen and oxygen atoms in total. The molecule has 0 N–H and O–H groups in total. The van der Waals surface area contributed by atoms with Crippen molar-refractivity contribution in [3.8, 4) is 0 Å². The first-order valence-corrected chi connectivity index (χ1v) is 11.9. The Hall–Kier alpha value is -2.93.